The third-order valence-electron chi connectivity index (χ3n) is 2.66. The second kappa shape index (κ2) is 4.95. The fourth-order valence-corrected chi connectivity index (χ4v) is 1.76. The van der Waals surface area contributed by atoms with E-state index in [1.807, 2.05) is 24.3 Å². The Hall–Kier alpha value is -2.91. The summed E-state index contributed by atoms with van der Waals surface area (Å²) < 4.78 is 0. The average molecular weight is 232 g/mol. The van der Waals surface area contributed by atoms with E-state index < -0.39 is 0 Å². The van der Waals surface area contributed by atoms with Gasteiger partial charge in [0.05, 0.1) is 11.1 Å². The summed E-state index contributed by atoms with van der Waals surface area (Å²) in [7, 11) is 0. The molecule has 0 heterocycles. The van der Waals surface area contributed by atoms with E-state index in [-0.39, 0.29) is 0 Å². The zero-order chi connectivity index (χ0) is 13.0. The van der Waals surface area contributed by atoms with Crippen LogP contribution in [0.25, 0.3) is 11.1 Å². The molecule has 2 aromatic carbocycles. The van der Waals surface area contributed by atoms with Crippen LogP contribution in [-0.2, 0) is 0 Å². The van der Waals surface area contributed by atoms with E-state index >= 15 is 0 Å². The quantitative estimate of drug-likeness (QED) is 0.748. The first-order valence-electron chi connectivity index (χ1n) is 5.29. The highest BCUT2D eigenvalue weighted by molar-refractivity contribution is 5.87. The fourth-order valence-electron chi connectivity index (χ4n) is 1.76. The predicted octanol–water partition coefficient (Wildman–Crippen LogP) is 2.91. The first-order chi connectivity index (χ1) is 8.80. The van der Waals surface area contributed by atoms with Gasteiger partial charge in [-0.05, 0) is 23.3 Å². The Morgan fingerprint density at radius 1 is 0.944 bits per heavy atom. The number of benzene rings is 2. The van der Waals surface area contributed by atoms with Gasteiger partial charge in [-0.25, -0.2) is 0 Å². The normalized spacial score (nSPS) is 9.22. The minimum atomic E-state index is 0.315. The summed E-state index contributed by atoms with van der Waals surface area (Å²) in [6.45, 7) is 0. The van der Waals surface area contributed by atoms with Crippen molar-refractivity contribution < 1.29 is 4.79 Å². The lowest BCUT2D eigenvalue weighted by Crippen LogP contribution is -1.89. The van der Waals surface area contributed by atoms with Crippen LogP contribution in [0, 0.1) is 22.7 Å². The summed E-state index contributed by atoms with van der Waals surface area (Å²) in [6, 6.07) is 16.0. The van der Waals surface area contributed by atoms with E-state index in [2.05, 4.69) is 0 Å². The van der Waals surface area contributed by atoms with Crippen LogP contribution < -0.4 is 0 Å². The molecule has 0 N–H and O–H groups in total. The predicted molar refractivity (Wildman–Crippen MR) is 66.7 cm³/mol. The van der Waals surface area contributed by atoms with Gasteiger partial charge in [0.25, 0.3) is 0 Å². The number of hydrogen-bond acceptors (Lipinski definition) is 3. The van der Waals surface area contributed by atoms with Crippen LogP contribution in [0.15, 0.2) is 42.5 Å². The third kappa shape index (κ3) is 1.98. The molecule has 0 amide bonds. The van der Waals surface area contributed by atoms with Crippen molar-refractivity contribution in [3.63, 3.8) is 0 Å². The average Bonchev–Trinajstić information content (AvgIpc) is 2.46. The van der Waals surface area contributed by atoms with Crippen molar-refractivity contribution in [1.29, 1.82) is 10.5 Å². The number of nitrogens with zero attached hydrogens (tertiary/aromatic N) is 2. The van der Waals surface area contributed by atoms with E-state index in [4.69, 9.17) is 10.5 Å². The van der Waals surface area contributed by atoms with Gasteiger partial charge in [0, 0.05) is 5.56 Å². The molecule has 3 heteroatoms. The zero-order valence-corrected chi connectivity index (χ0v) is 9.42. The molecule has 0 saturated carbocycles. The Morgan fingerprint density at radius 3 is 2.33 bits per heavy atom. The molecule has 2 aromatic rings. The van der Waals surface area contributed by atoms with Crippen LogP contribution in [-0.4, -0.2) is 6.29 Å². The van der Waals surface area contributed by atoms with Crippen LogP contribution in [0.2, 0.25) is 0 Å². The lowest BCUT2D eigenvalue weighted by molar-refractivity contribution is 0.112. The Morgan fingerprint density at radius 2 is 1.67 bits per heavy atom. The SMILES string of the molecule is N#Cc1ccc(-c2ccccc2C=O)cc1C#N. The zero-order valence-electron chi connectivity index (χ0n) is 9.42. The second-order valence-electron chi connectivity index (χ2n) is 3.69. The van der Waals surface area contributed by atoms with Crippen LogP contribution in [0.5, 0.6) is 0 Å². The van der Waals surface area contributed by atoms with Crippen LogP contribution in [0.1, 0.15) is 21.5 Å². The van der Waals surface area contributed by atoms with Gasteiger partial charge in [0.15, 0.2) is 6.29 Å². The lowest BCUT2D eigenvalue weighted by Gasteiger charge is -2.05. The molecule has 0 aliphatic rings. The van der Waals surface area contributed by atoms with Crippen molar-refractivity contribution in [3.05, 3.63) is 59.2 Å². The van der Waals surface area contributed by atoms with Gasteiger partial charge in [-0.1, -0.05) is 30.3 Å². The van der Waals surface area contributed by atoms with Crippen LogP contribution in [0.3, 0.4) is 0 Å². The van der Waals surface area contributed by atoms with E-state index in [1.165, 1.54) is 0 Å². The fraction of sp³-hybridized carbons (Fsp3) is 0. The Kier molecular flexibility index (Phi) is 3.18. The molecular weight excluding hydrogens is 224 g/mol. The van der Waals surface area contributed by atoms with Gasteiger partial charge in [0.1, 0.15) is 12.1 Å². The Bertz CT molecular complexity index is 690. The summed E-state index contributed by atoms with van der Waals surface area (Å²) in [4.78, 5) is 11.0. The number of carbonyl (C=O) groups excluding carboxylic acids is 1. The molecule has 18 heavy (non-hydrogen) atoms. The highest BCUT2D eigenvalue weighted by Gasteiger charge is 2.07. The molecule has 0 bridgehead atoms. The monoisotopic (exact) mass is 232 g/mol. The van der Waals surface area contributed by atoms with Crippen molar-refractivity contribution >= 4 is 6.29 Å². The Balaban J connectivity index is 2.63. The van der Waals surface area contributed by atoms with Crippen molar-refractivity contribution in [2.24, 2.45) is 0 Å². The summed E-state index contributed by atoms with van der Waals surface area (Å²) in [5.74, 6) is 0. The topological polar surface area (TPSA) is 64.7 Å². The summed E-state index contributed by atoms with van der Waals surface area (Å²) >= 11 is 0. The number of rotatable bonds is 2. The van der Waals surface area contributed by atoms with E-state index in [0.29, 0.717) is 16.7 Å². The van der Waals surface area contributed by atoms with E-state index in [9.17, 15) is 4.79 Å². The molecule has 0 aromatic heterocycles. The highest BCUT2D eigenvalue weighted by atomic mass is 16.1. The highest BCUT2D eigenvalue weighted by Crippen LogP contribution is 2.24. The standard InChI is InChI=1S/C15H8N2O/c16-8-12-6-5-11(7-14(12)9-17)15-4-2-1-3-13(15)10-18/h1-7,10H. The van der Waals surface area contributed by atoms with Gasteiger partial charge in [-0.3, -0.25) is 4.79 Å². The maximum Gasteiger partial charge on any atom is 0.150 e. The first kappa shape index (κ1) is 11.6. The molecule has 2 rings (SSSR count). The number of carbonyl (C=O) groups is 1. The van der Waals surface area contributed by atoms with E-state index in [1.54, 1.807) is 30.3 Å². The molecular formula is C15H8N2O. The first-order valence-corrected chi connectivity index (χ1v) is 5.29. The largest absolute Gasteiger partial charge is 0.298 e. The molecule has 0 spiro atoms. The number of nitriles is 2. The van der Waals surface area contributed by atoms with Crippen molar-refractivity contribution in [2.45, 2.75) is 0 Å². The van der Waals surface area contributed by atoms with Gasteiger partial charge in [0.2, 0.25) is 0 Å². The maximum atomic E-state index is 11.0. The summed E-state index contributed by atoms with van der Waals surface area (Å²) in [6.07, 6.45) is 0.777. The molecule has 84 valence electrons. The molecule has 3 nitrogen and oxygen atoms in total. The van der Waals surface area contributed by atoms with Gasteiger partial charge in [-0.2, -0.15) is 10.5 Å². The summed E-state index contributed by atoms with van der Waals surface area (Å²) in [5, 5.41) is 17.8. The molecule has 0 unspecified atom stereocenters. The van der Waals surface area contributed by atoms with Gasteiger partial charge in [-0.15, -0.1) is 0 Å². The Labute approximate surface area is 105 Å². The molecule has 0 aliphatic heterocycles. The molecule has 0 fully saturated rings. The van der Waals surface area contributed by atoms with Crippen molar-refractivity contribution in [2.75, 3.05) is 0 Å². The summed E-state index contributed by atoms with van der Waals surface area (Å²) in [5.41, 5.74) is 2.73. The number of hydrogen-bond donors (Lipinski definition) is 0. The van der Waals surface area contributed by atoms with Gasteiger partial charge < -0.3 is 0 Å². The second-order valence-corrected chi connectivity index (χ2v) is 3.69. The third-order valence-corrected chi connectivity index (χ3v) is 2.66. The van der Waals surface area contributed by atoms with Gasteiger partial charge >= 0.3 is 0 Å². The number of aldehydes is 1. The van der Waals surface area contributed by atoms with E-state index in [0.717, 1.165) is 17.4 Å². The smallest absolute Gasteiger partial charge is 0.150 e. The van der Waals surface area contributed by atoms with Crippen LogP contribution in [0.4, 0.5) is 0 Å². The van der Waals surface area contributed by atoms with Crippen molar-refractivity contribution in [1.82, 2.24) is 0 Å². The molecule has 0 aliphatic carbocycles. The molecule has 0 saturated heterocycles. The molecule has 0 radical (unpaired) electrons. The van der Waals surface area contributed by atoms with Crippen molar-refractivity contribution in [3.8, 4) is 23.3 Å². The van der Waals surface area contributed by atoms with Crippen LogP contribution >= 0.6 is 0 Å². The minimum Gasteiger partial charge on any atom is -0.298 e. The maximum absolute atomic E-state index is 11.0. The lowest BCUT2D eigenvalue weighted by atomic mass is 9.97. The molecule has 0 atom stereocenters. The minimum absolute atomic E-state index is 0.315.